The molecule has 0 radical (unpaired) electrons. The van der Waals surface area contributed by atoms with Gasteiger partial charge in [-0.2, -0.15) is 0 Å². The molecule has 1 aliphatic rings. The molecule has 0 unspecified atom stereocenters. The van der Waals surface area contributed by atoms with Crippen molar-refractivity contribution in [2.75, 3.05) is 13.1 Å². The molecule has 1 N–H and O–H groups in total. The van der Waals surface area contributed by atoms with Gasteiger partial charge in [-0.15, -0.1) is 0 Å². The van der Waals surface area contributed by atoms with Crippen LogP contribution in [0.1, 0.15) is 23.7 Å². The molecule has 1 fully saturated rings. The van der Waals surface area contributed by atoms with Gasteiger partial charge in [0, 0.05) is 30.0 Å². The van der Waals surface area contributed by atoms with Crippen LogP contribution >= 0.6 is 15.9 Å². The number of carboxylic acids is 1. The molecule has 1 atom stereocenters. The Bertz CT molecular complexity index is 506. The molecular weight excluding hydrogens is 300 g/mol. The second-order valence-electron chi connectivity index (χ2n) is 4.73. The Balaban J connectivity index is 2.15. The van der Waals surface area contributed by atoms with Crippen molar-refractivity contribution in [2.45, 2.75) is 13.3 Å². The zero-order valence-electron chi connectivity index (χ0n) is 9.89. The lowest BCUT2D eigenvalue weighted by Crippen LogP contribution is -2.34. The Kier molecular flexibility index (Phi) is 3.38. The molecule has 6 heteroatoms. The summed E-state index contributed by atoms with van der Waals surface area (Å²) in [4.78, 5) is 28.8. The summed E-state index contributed by atoms with van der Waals surface area (Å²) in [5.41, 5.74) is -0.367. The normalized spacial score (nSPS) is 23.1. The number of hydrogen-bond donors (Lipinski definition) is 1. The number of hydrogen-bond acceptors (Lipinski definition) is 3. The summed E-state index contributed by atoms with van der Waals surface area (Å²) in [5.74, 6) is -1.03. The van der Waals surface area contributed by atoms with Gasteiger partial charge in [0.2, 0.25) is 0 Å². The summed E-state index contributed by atoms with van der Waals surface area (Å²) >= 11 is 3.26. The Hall–Kier alpha value is -1.43. The highest BCUT2D eigenvalue weighted by molar-refractivity contribution is 9.10. The van der Waals surface area contributed by atoms with Crippen molar-refractivity contribution in [1.82, 2.24) is 9.88 Å². The van der Waals surface area contributed by atoms with Crippen LogP contribution in [0.4, 0.5) is 0 Å². The molecule has 0 bridgehead atoms. The van der Waals surface area contributed by atoms with Gasteiger partial charge in [-0.05, 0) is 35.3 Å². The zero-order valence-corrected chi connectivity index (χ0v) is 11.5. The summed E-state index contributed by atoms with van der Waals surface area (Å²) in [7, 11) is 0. The number of aromatic nitrogens is 1. The Morgan fingerprint density at radius 3 is 2.78 bits per heavy atom. The zero-order chi connectivity index (χ0) is 13.3. The van der Waals surface area contributed by atoms with Crippen LogP contribution in [0.2, 0.25) is 0 Å². The van der Waals surface area contributed by atoms with E-state index in [4.69, 9.17) is 5.11 Å². The van der Waals surface area contributed by atoms with Crippen molar-refractivity contribution >= 4 is 27.8 Å². The van der Waals surface area contributed by atoms with Gasteiger partial charge in [0.1, 0.15) is 0 Å². The lowest BCUT2D eigenvalue weighted by atomic mass is 9.90. The molecule has 5 nitrogen and oxygen atoms in total. The summed E-state index contributed by atoms with van der Waals surface area (Å²) < 4.78 is 0.730. The molecule has 2 rings (SSSR count). The molecule has 0 saturated carbocycles. The van der Waals surface area contributed by atoms with E-state index in [0.29, 0.717) is 18.5 Å². The first-order valence-corrected chi connectivity index (χ1v) is 6.35. The number of halogens is 1. The molecule has 1 amide bonds. The number of rotatable bonds is 2. The predicted molar refractivity (Wildman–Crippen MR) is 68.2 cm³/mol. The molecule has 0 spiro atoms. The monoisotopic (exact) mass is 312 g/mol. The average molecular weight is 313 g/mol. The van der Waals surface area contributed by atoms with Gasteiger partial charge in [-0.25, -0.2) is 0 Å². The smallest absolute Gasteiger partial charge is 0.311 e. The topological polar surface area (TPSA) is 70.5 Å². The summed E-state index contributed by atoms with van der Waals surface area (Å²) in [6, 6.07) is 1.69. The van der Waals surface area contributed by atoms with Gasteiger partial charge < -0.3 is 10.0 Å². The highest BCUT2D eigenvalue weighted by atomic mass is 79.9. The van der Waals surface area contributed by atoms with Crippen LogP contribution in [-0.4, -0.2) is 40.0 Å². The van der Waals surface area contributed by atoms with E-state index in [-0.39, 0.29) is 12.5 Å². The molecule has 0 aliphatic carbocycles. The van der Waals surface area contributed by atoms with E-state index in [9.17, 15) is 9.59 Å². The van der Waals surface area contributed by atoms with Crippen LogP contribution in [0.3, 0.4) is 0 Å². The van der Waals surface area contributed by atoms with Crippen molar-refractivity contribution in [2.24, 2.45) is 5.41 Å². The van der Waals surface area contributed by atoms with E-state index >= 15 is 0 Å². The Labute approximate surface area is 113 Å². The van der Waals surface area contributed by atoms with Crippen molar-refractivity contribution in [3.8, 4) is 0 Å². The van der Waals surface area contributed by atoms with Gasteiger partial charge in [0.05, 0.1) is 11.0 Å². The summed E-state index contributed by atoms with van der Waals surface area (Å²) in [6.45, 7) is 2.38. The SMILES string of the molecule is C[C@@]1(C(=O)O)CCN(C(=O)c2cncc(Br)c2)C1. The fourth-order valence-electron chi connectivity index (χ4n) is 2.02. The van der Waals surface area contributed by atoms with Crippen molar-refractivity contribution in [3.05, 3.63) is 28.5 Å². The van der Waals surface area contributed by atoms with Crippen molar-refractivity contribution in [1.29, 1.82) is 0 Å². The quantitative estimate of drug-likeness (QED) is 0.903. The minimum atomic E-state index is -0.856. The average Bonchev–Trinajstić information content (AvgIpc) is 2.72. The van der Waals surface area contributed by atoms with Gasteiger partial charge in [0.15, 0.2) is 0 Å². The fraction of sp³-hybridized carbons (Fsp3) is 0.417. The Morgan fingerprint density at radius 1 is 1.50 bits per heavy atom. The van der Waals surface area contributed by atoms with E-state index in [0.717, 1.165) is 4.47 Å². The first-order valence-electron chi connectivity index (χ1n) is 5.56. The second-order valence-corrected chi connectivity index (χ2v) is 5.65. The molecule has 1 saturated heterocycles. The molecular formula is C12H13BrN2O3. The number of aliphatic carboxylic acids is 1. The molecule has 1 aromatic heterocycles. The standard InChI is InChI=1S/C12H13BrN2O3/c1-12(11(17)18)2-3-15(7-12)10(16)8-4-9(13)6-14-5-8/h4-6H,2-3,7H2,1H3,(H,17,18)/t12-/m1/s1. The Morgan fingerprint density at radius 2 is 2.22 bits per heavy atom. The number of carbonyl (C=O) groups is 2. The van der Waals surface area contributed by atoms with Crippen LogP contribution in [0.5, 0.6) is 0 Å². The summed E-state index contributed by atoms with van der Waals surface area (Å²) in [6.07, 6.45) is 3.57. The third-order valence-electron chi connectivity index (χ3n) is 3.23. The maximum absolute atomic E-state index is 12.2. The minimum absolute atomic E-state index is 0.172. The van der Waals surface area contributed by atoms with E-state index in [1.807, 2.05) is 0 Å². The van der Waals surface area contributed by atoms with Crippen LogP contribution in [0.25, 0.3) is 0 Å². The van der Waals surface area contributed by atoms with Gasteiger partial charge >= 0.3 is 5.97 Å². The first kappa shape index (κ1) is 13.0. The minimum Gasteiger partial charge on any atom is -0.481 e. The molecule has 1 aromatic rings. The van der Waals surface area contributed by atoms with Crippen molar-refractivity contribution in [3.63, 3.8) is 0 Å². The van der Waals surface area contributed by atoms with Gasteiger partial charge in [-0.1, -0.05) is 0 Å². The maximum Gasteiger partial charge on any atom is 0.311 e. The van der Waals surface area contributed by atoms with Crippen LogP contribution in [0.15, 0.2) is 22.9 Å². The fourth-order valence-corrected chi connectivity index (χ4v) is 2.39. The van der Waals surface area contributed by atoms with E-state index in [1.54, 1.807) is 24.1 Å². The third-order valence-corrected chi connectivity index (χ3v) is 3.66. The lowest BCUT2D eigenvalue weighted by Gasteiger charge is -2.20. The second kappa shape index (κ2) is 4.68. The highest BCUT2D eigenvalue weighted by Crippen LogP contribution is 2.31. The first-order chi connectivity index (χ1) is 8.42. The third kappa shape index (κ3) is 2.38. The van der Waals surface area contributed by atoms with Crippen LogP contribution in [-0.2, 0) is 4.79 Å². The number of carbonyl (C=O) groups excluding carboxylic acids is 1. The van der Waals surface area contributed by atoms with Gasteiger partial charge in [0.25, 0.3) is 5.91 Å². The number of likely N-dealkylation sites (tertiary alicyclic amines) is 1. The highest BCUT2D eigenvalue weighted by Gasteiger charge is 2.42. The van der Waals surface area contributed by atoms with Gasteiger partial charge in [-0.3, -0.25) is 14.6 Å². The molecule has 1 aliphatic heterocycles. The van der Waals surface area contributed by atoms with E-state index < -0.39 is 11.4 Å². The van der Waals surface area contributed by atoms with E-state index in [1.165, 1.54) is 6.20 Å². The largest absolute Gasteiger partial charge is 0.481 e. The molecule has 96 valence electrons. The van der Waals surface area contributed by atoms with E-state index in [2.05, 4.69) is 20.9 Å². The van der Waals surface area contributed by atoms with Crippen LogP contribution < -0.4 is 0 Å². The molecule has 18 heavy (non-hydrogen) atoms. The number of pyridine rings is 1. The lowest BCUT2D eigenvalue weighted by molar-refractivity contribution is -0.147. The maximum atomic E-state index is 12.2. The predicted octanol–water partition coefficient (Wildman–Crippen LogP) is 1.78. The summed E-state index contributed by atoms with van der Waals surface area (Å²) in [5, 5.41) is 9.13. The number of carboxylic acid groups (broad SMARTS) is 1. The van der Waals surface area contributed by atoms with Crippen LogP contribution in [0, 0.1) is 5.41 Å². The van der Waals surface area contributed by atoms with Crippen molar-refractivity contribution < 1.29 is 14.7 Å². The molecule has 0 aromatic carbocycles. The number of amides is 1. The molecule has 2 heterocycles. The number of nitrogens with zero attached hydrogens (tertiary/aromatic N) is 2.